The Morgan fingerprint density at radius 2 is 1.77 bits per heavy atom. The highest BCUT2D eigenvalue weighted by Crippen LogP contribution is 2.64. The summed E-state index contributed by atoms with van der Waals surface area (Å²) in [5.41, 5.74) is -0.0699. The molecule has 1 N–H and O–H groups in total. The minimum Gasteiger partial charge on any atom is -0.394 e. The maximum Gasteiger partial charge on any atom is 0.250 e. The summed E-state index contributed by atoms with van der Waals surface area (Å²) in [6, 6.07) is 15.1. The molecule has 2 aromatic carbocycles. The molecule has 2 bridgehead atoms. The van der Waals surface area contributed by atoms with Gasteiger partial charge in [0.05, 0.1) is 35.6 Å². The number of benzene rings is 2. The number of carbonyl (C=O) groups excluding carboxylic acids is 3. The van der Waals surface area contributed by atoms with Crippen molar-refractivity contribution in [2.75, 3.05) is 24.6 Å². The Morgan fingerprint density at radius 1 is 1.06 bits per heavy atom. The lowest BCUT2D eigenvalue weighted by atomic mass is 9.66. The molecule has 2 unspecified atom stereocenters. The van der Waals surface area contributed by atoms with Crippen LogP contribution in [0.3, 0.4) is 0 Å². The van der Waals surface area contributed by atoms with Gasteiger partial charge in [-0.2, -0.15) is 0 Å². The number of carbonyl (C=O) groups is 3. The highest BCUT2D eigenvalue weighted by Gasteiger charge is 2.79. The van der Waals surface area contributed by atoms with Crippen LogP contribution in [0.4, 0.5) is 5.69 Å². The quantitative estimate of drug-likeness (QED) is 0.282. The van der Waals surface area contributed by atoms with Crippen molar-refractivity contribution in [2.45, 2.75) is 70.0 Å². The third-order valence-electron chi connectivity index (χ3n) is 10.1. The number of aliphatic hydroxyl groups excluding tert-OH is 1. The summed E-state index contributed by atoms with van der Waals surface area (Å²) in [4.78, 5) is 49.2. The van der Waals surface area contributed by atoms with E-state index in [4.69, 9.17) is 4.74 Å². The van der Waals surface area contributed by atoms with E-state index in [9.17, 15) is 19.5 Å². The van der Waals surface area contributed by atoms with E-state index in [-0.39, 0.29) is 50.0 Å². The lowest BCUT2D eigenvalue weighted by Gasteiger charge is -2.39. The Kier molecular flexibility index (Phi) is 8.80. The van der Waals surface area contributed by atoms with Crippen molar-refractivity contribution in [3.8, 4) is 0 Å². The van der Waals surface area contributed by atoms with Crippen LogP contribution in [0.2, 0.25) is 0 Å². The maximum atomic E-state index is 15.0. The SMILES string of the molecule is C=CCN(Cn1nnc2ccccc21)C(=O)C1N([C@@H](CO)CC(C)C)C(=O)[C@@H]2[C@H](C(=O)N(CC=C)c3ccccc3)[C@]3(C)CCC12O3. The zero-order valence-electron chi connectivity index (χ0n) is 27.4. The van der Waals surface area contributed by atoms with Crippen molar-refractivity contribution in [1.82, 2.24) is 24.8 Å². The van der Waals surface area contributed by atoms with Gasteiger partial charge in [0, 0.05) is 18.8 Å². The van der Waals surface area contributed by atoms with E-state index in [1.807, 2.05) is 75.4 Å². The Morgan fingerprint density at radius 3 is 2.45 bits per heavy atom. The molecule has 4 heterocycles. The number of para-hydroxylation sites is 2. The largest absolute Gasteiger partial charge is 0.394 e. The minimum atomic E-state index is -1.26. The van der Waals surface area contributed by atoms with Gasteiger partial charge in [-0.15, -0.1) is 18.3 Å². The summed E-state index contributed by atoms with van der Waals surface area (Å²) >= 11 is 0. The van der Waals surface area contributed by atoms with Gasteiger partial charge < -0.3 is 24.5 Å². The van der Waals surface area contributed by atoms with Gasteiger partial charge in [0.15, 0.2) is 0 Å². The van der Waals surface area contributed by atoms with Crippen LogP contribution < -0.4 is 4.90 Å². The number of hydrogen-bond donors (Lipinski definition) is 1. The minimum absolute atomic E-state index is 0.0688. The molecule has 0 aliphatic carbocycles. The number of hydrogen-bond acceptors (Lipinski definition) is 7. The first-order chi connectivity index (χ1) is 22.6. The lowest BCUT2D eigenvalue weighted by Crippen LogP contribution is -2.59. The number of aromatic nitrogens is 3. The van der Waals surface area contributed by atoms with Gasteiger partial charge >= 0.3 is 0 Å². The third kappa shape index (κ3) is 5.35. The molecular formula is C36H44N6O5. The van der Waals surface area contributed by atoms with E-state index in [1.165, 1.54) is 0 Å². The Labute approximate surface area is 275 Å². The van der Waals surface area contributed by atoms with Crippen LogP contribution in [-0.2, 0) is 25.8 Å². The molecule has 248 valence electrons. The molecule has 6 atom stereocenters. The maximum absolute atomic E-state index is 15.0. The van der Waals surface area contributed by atoms with Crippen molar-refractivity contribution >= 4 is 34.4 Å². The highest BCUT2D eigenvalue weighted by molar-refractivity contribution is 6.03. The van der Waals surface area contributed by atoms with Gasteiger partial charge in [-0.1, -0.05) is 61.5 Å². The molecule has 1 spiro atoms. The molecule has 3 aliphatic rings. The molecule has 6 rings (SSSR count). The third-order valence-corrected chi connectivity index (χ3v) is 10.1. The first-order valence-corrected chi connectivity index (χ1v) is 16.4. The molecule has 11 nitrogen and oxygen atoms in total. The fraction of sp³-hybridized carbons (Fsp3) is 0.472. The fourth-order valence-electron chi connectivity index (χ4n) is 8.19. The summed E-state index contributed by atoms with van der Waals surface area (Å²) in [6.45, 7) is 13.9. The highest BCUT2D eigenvalue weighted by atomic mass is 16.5. The van der Waals surface area contributed by atoms with E-state index in [1.54, 1.807) is 31.5 Å². The first-order valence-electron chi connectivity index (χ1n) is 16.4. The topological polar surface area (TPSA) is 121 Å². The zero-order chi connectivity index (χ0) is 33.5. The molecule has 0 saturated carbocycles. The van der Waals surface area contributed by atoms with Crippen LogP contribution in [0.1, 0.15) is 40.0 Å². The molecule has 47 heavy (non-hydrogen) atoms. The zero-order valence-corrected chi connectivity index (χ0v) is 27.4. The number of amides is 3. The fourth-order valence-corrected chi connectivity index (χ4v) is 8.19. The van der Waals surface area contributed by atoms with Crippen molar-refractivity contribution in [2.24, 2.45) is 17.8 Å². The molecule has 3 fully saturated rings. The van der Waals surface area contributed by atoms with E-state index in [2.05, 4.69) is 23.5 Å². The van der Waals surface area contributed by atoms with Crippen molar-refractivity contribution in [1.29, 1.82) is 0 Å². The number of likely N-dealkylation sites (tertiary alicyclic amines) is 1. The molecule has 3 aliphatic heterocycles. The molecule has 0 radical (unpaired) electrons. The van der Waals surface area contributed by atoms with E-state index >= 15 is 0 Å². The van der Waals surface area contributed by atoms with Gasteiger partial charge in [0.2, 0.25) is 17.7 Å². The number of ether oxygens (including phenoxy) is 1. The summed E-state index contributed by atoms with van der Waals surface area (Å²) < 4.78 is 8.56. The molecule has 3 saturated heterocycles. The lowest BCUT2D eigenvalue weighted by molar-refractivity contribution is -0.156. The van der Waals surface area contributed by atoms with Gasteiger partial charge in [-0.05, 0) is 56.4 Å². The van der Waals surface area contributed by atoms with Crippen LogP contribution >= 0.6 is 0 Å². The van der Waals surface area contributed by atoms with Gasteiger partial charge in [-0.25, -0.2) is 4.68 Å². The van der Waals surface area contributed by atoms with E-state index in [0.29, 0.717) is 30.5 Å². The van der Waals surface area contributed by atoms with Crippen molar-refractivity contribution in [3.05, 3.63) is 79.9 Å². The standard InChI is InChI=1S/C36H44N6O5/c1-6-19-39(23-41-28-16-12-11-15-27(28)37-38-41)34(46)31-36-18-17-35(5,47-36)29(30(36)33(45)42(31)26(22-43)21-24(3)4)32(44)40(20-7-2)25-13-9-8-10-14-25/h6-16,24,26,29-31,43H,1-2,17-23H2,3-5H3/t26-,29-,30+,31?,35+,36?/m1/s1. The normalized spacial score (nSPS) is 26.9. The second-order valence-electron chi connectivity index (χ2n) is 13.6. The number of nitrogens with zero attached hydrogens (tertiary/aromatic N) is 6. The number of rotatable bonds is 13. The van der Waals surface area contributed by atoms with Crippen LogP contribution in [-0.4, -0.2) is 90.6 Å². The summed E-state index contributed by atoms with van der Waals surface area (Å²) in [5, 5.41) is 19.3. The Hall–Kier alpha value is -4.35. The number of anilines is 1. The first kappa shape index (κ1) is 32.6. The van der Waals surface area contributed by atoms with Crippen LogP contribution in [0.5, 0.6) is 0 Å². The summed E-state index contributed by atoms with van der Waals surface area (Å²) in [6.07, 6.45) is 4.71. The van der Waals surface area contributed by atoms with E-state index in [0.717, 1.165) is 5.52 Å². The number of aliphatic hydroxyl groups is 1. The predicted molar refractivity (Wildman–Crippen MR) is 178 cm³/mol. The molecule has 1 aromatic heterocycles. The van der Waals surface area contributed by atoms with Crippen LogP contribution in [0.25, 0.3) is 11.0 Å². The molecule has 3 amide bonds. The van der Waals surface area contributed by atoms with Gasteiger partial charge in [0.1, 0.15) is 23.8 Å². The molecular weight excluding hydrogens is 596 g/mol. The van der Waals surface area contributed by atoms with Crippen molar-refractivity contribution < 1.29 is 24.2 Å². The summed E-state index contributed by atoms with van der Waals surface area (Å²) in [7, 11) is 0. The van der Waals surface area contributed by atoms with Crippen LogP contribution in [0.15, 0.2) is 79.9 Å². The molecule has 11 heteroatoms. The van der Waals surface area contributed by atoms with Crippen molar-refractivity contribution in [3.63, 3.8) is 0 Å². The summed E-state index contributed by atoms with van der Waals surface area (Å²) in [5.74, 6) is -2.53. The second kappa shape index (κ2) is 12.7. The monoisotopic (exact) mass is 640 g/mol. The Bertz CT molecular complexity index is 1670. The average Bonchev–Trinajstić information content (AvgIpc) is 3.77. The smallest absolute Gasteiger partial charge is 0.250 e. The van der Waals surface area contributed by atoms with Crippen LogP contribution in [0, 0.1) is 17.8 Å². The van der Waals surface area contributed by atoms with Gasteiger partial charge in [0.25, 0.3) is 0 Å². The predicted octanol–water partition coefficient (Wildman–Crippen LogP) is 3.79. The van der Waals surface area contributed by atoms with Gasteiger partial charge in [-0.3, -0.25) is 14.4 Å². The Balaban J connectivity index is 1.44. The number of fused-ring (bicyclic) bond motifs is 2. The second-order valence-corrected chi connectivity index (χ2v) is 13.6. The molecule has 3 aromatic rings. The average molecular weight is 641 g/mol. The van der Waals surface area contributed by atoms with E-state index < -0.39 is 35.1 Å².